The van der Waals surface area contributed by atoms with Crippen LogP contribution in [0, 0.1) is 11.3 Å². The highest BCUT2D eigenvalue weighted by Crippen LogP contribution is 2.47. The molecule has 1 aliphatic rings. The van der Waals surface area contributed by atoms with Gasteiger partial charge in [-0.25, -0.2) is 0 Å². The molecule has 0 amide bonds. The predicted octanol–water partition coefficient (Wildman–Crippen LogP) is 4.01. The van der Waals surface area contributed by atoms with E-state index in [0.717, 1.165) is 21.7 Å². The zero-order chi connectivity index (χ0) is 16.7. The molecule has 0 saturated carbocycles. The summed E-state index contributed by atoms with van der Waals surface area (Å²) in [5, 5.41) is 19.4. The number of fused-ring (bicyclic) bond motifs is 1. The summed E-state index contributed by atoms with van der Waals surface area (Å²) >= 11 is 7.97. The number of nitrogens with zero attached hydrogens (tertiary/aromatic N) is 2. The second-order valence-corrected chi connectivity index (χ2v) is 6.60. The topological polar surface area (TPSA) is 87.7 Å². The molecule has 1 aromatic carbocycles. The van der Waals surface area contributed by atoms with Crippen LogP contribution in [-0.2, 0) is 0 Å². The minimum Gasteiger partial charge on any atom is -0.420 e. The number of thiophene rings is 1. The molecule has 3 aromatic rings. The lowest BCUT2D eigenvalue weighted by molar-refractivity contribution is 0.379. The highest BCUT2D eigenvalue weighted by Gasteiger charge is 2.36. The number of hydrogen-bond donors (Lipinski definition) is 2. The van der Waals surface area contributed by atoms with Crippen molar-refractivity contribution in [1.82, 2.24) is 10.2 Å². The number of aromatic amines is 1. The summed E-state index contributed by atoms with van der Waals surface area (Å²) < 4.78 is 5.56. The Kier molecular flexibility index (Phi) is 3.53. The van der Waals surface area contributed by atoms with Gasteiger partial charge in [0.15, 0.2) is 0 Å². The number of nitriles is 1. The molecule has 3 heterocycles. The van der Waals surface area contributed by atoms with Crippen LogP contribution in [0.4, 0.5) is 0 Å². The molecule has 2 aromatic heterocycles. The average Bonchev–Trinajstić information content (AvgIpc) is 3.23. The molecule has 1 aliphatic heterocycles. The fraction of sp³-hybridized carbons (Fsp3) is 0.0588. The predicted molar refractivity (Wildman–Crippen MR) is 92.7 cm³/mol. The molecular weight excluding hydrogens is 344 g/mol. The highest BCUT2D eigenvalue weighted by atomic mass is 35.5. The van der Waals surface area contributed by atoms with Crippen LogP contribution in [0.2, 0.25) is 5.02 Å². The van der Waals surface area contributed by atoms with Crippen LogP contribution < -0.4 is 10.5 Å². The maximum absolute atomic E-state index is 9.63. The van der Waals surface area contributed by atoms with Gasteiger partial charge in [0.2, 0.25) is 11.8 Å². The van der Waals surface area contributed by atoms with Crippen molar-refractivity contribution in [3.8, 4) is 22.5 Å². The van der Waals surface area contributed by atoms with Crippen molar-refractivity contribution >= 4 is 22.9 Å². The molecule has 24 heavy (non-hydrogen) atoms. The molecule has 0 radical (unpaired) electrons. The molecule has 0 bridgehead atoms. The number of allylic oxidation sites excluding steroid dienone is 1. The van der Waals surface area contributed by atoms with E-state index in [4.69, 9.17) is 22.1 Å². The largest absolute Gasteiger partial charge is 0.420 e. The second kappa shape index (κ2) is 5.71. The number of rotatable bonds is 2. The zero-order valence-corrected chi connectivity index (χ0v) is 13.9. The van der Waals surface area contributed by atoms with Crippen LogP contribution in [0.3, 0.4) is 0 Å². The molecule has 0 aliphatic carbocycles. The first-order chi connectivity index (χ1) is 11.7. The zero-order valence-electron chi connectivity index (χ0n) is 12.3. The second-order valence-electron chi connectivity index (χ2n) is 5.24. The molecule has 0 spiro atoms. The summed E-state index contributed by atoms with van der Waals surface area (Å²) in [6.07, 6.45) is 0. The fourth-order valence-corrected chi connectivity index (χ4v) is 3.85. The average molecular weight is 355 g/mol. The van der Waals surface area contributed by atoms with Gasteiger partial charge >= 0.3 is 0 Å². The molecule has 0 fully saturated rings. The van der Waals surface area contributed by atoms with Gasteiger partial charge in [0.1, 0.15) is 11.6 Å². The van der Waals surface area contributed by atoms with Gasteiger partial charge < -0.3 is 10.5 Å². The minimum absolute atomic E-state index is 0.0548. The van der Waals surface area contributed by atoms with Crippen LogP contribution in [0.1, 0.15) is 17.0 Å². The summed E-state index contributed by atoms with van der Waals surface area (Å²) in [7, 11) is 0. The van der Waals surface area contributed by atoms with E-state index in [2.05, 4.69) is 16.3 Å². The Labute approximate surface area is 146 Å². The number of aromatic nitrogens is 2. The first-order valence-electron chi connectivity index (χ1n) is 7.15. The maximum Gasteiger partial charge on any atom is 0.244 e. The third kappa shape index (κ3) is 2.18. The summed E-state index contributed by atoms with van der Waals surface area (Å²) in [5.74, 6) is 0.00210. The number of ether oxygens (including phenoxy) is 1. The highest BCUT2D eigenvalue weighted by molar-refractivity contribution is 7.13. The van der Waals surface area contributed by atoms with Gasteiger partial charge in [-0.1, -0.05) is 35.9 Å². The van der Waals surface area contributed by atoms with Crippen molar-refractivity contribution in [3.05, 3.63) is 69.4 Å². The lowest BCUT2D eigenvalue weighted by atomic mass is 9.84. The van der Waals surface area contributed by atoms with Crippen molar-refractivity contribution in [2.75, 3.05) is 0 Å². The Morgan fingerprint density at radius 2 is 2.12 bits per heavy atom. The van der Waals surface area contributed by atoms with E-state index in [1.165, 1.54) is 0 Å². The summed E-state index contributed by atoms with van der Waals surface area (Å²) in [4.78, 5) is 1.00. The monoisotopic (exact) mass is 354 g/mol. The lowest BCUT2D eigenvalue weighted by Gasteiger charge is -2.24. The van der Waals surface area contributed by atoms with Crippen molar-refractivity contribution in [3.63, 3.8) is 0 Å². The fourth-order valence-electron chi connectivity index (χ4n) is 2.87. The van der Waals surface area contributed by atoms with Gasteiger partial charge in [0.05, 0.1) is 22.1 Å². The first-order valence-corrected chi connectivity index (χ1v) is 8.40. The van der Waals surface area contributed by atoms with E-state index in [9.17, 15) is 5.26 Å². The molecular formula is C17H11ClN4OS. The van der Waals surface area contributed by atoms with E-state index in [-0.39, 0.29) is 5.88 Å². The number of nitrogens with two attached hydrogens (primary N) is 1. The van der Waals surface area contributed by atoms with Gasteiger partial charge in [-0.15, -0.1) is 16.4 Å². The van der Waals surface area contributed by atoms with Crippen molar-refractivity contribution < 1.29 is 4.74 Å². The van der Waals surface area contributed by atoms with Crippen molar-refractivity contribution in [1.29, 1.82) is 5.26 Å². The summed E-state index contributed by atoms with van der Waals surface area (Å²) in [6.45, 7) is 0. The standard InChI is InChI=1S/C17H11ClN4OS/c18-11-5-2-1-4-9(11)13-10(8-19)16(20)23-17-14(13)15(21-22-17)12-6-3-7-24-12/h1-7,13H,20H2,(H,21,22)/t13-/m1/s1. The summed E-state index contributed by atoms with van der Waals surface area (Å²) in [5.41, 5.74) is 8.66. The Hall–Kier alpha value is -2.75. The number of H-pyrrole nitrogens is 1. The number of nitrogens with one attached hydrogen (secondary N) is 1. The van der Waals surface area contributed by atoms with E-state index < -0.39 is 5.92 Å². The molecule has 1 atom stereocenters. The Morgan fingerprint density at radius 1 is 1.29 bits per heavy atom. The van der Waals surface area contributed by atoms with Crippen molar-refractivity contribution in [2.24, 2.45) is 5.73 Å². The third-order valence-corrected chi connectivity index (χ3v) is 5.15. The van der Waals surface area contributed by atoms with Gasteiger partial charge in [0.25, 0.3) is 0 Å². The molecule has 0 unspecified atom stereocenters. The Balaban J connectivity index is 2.00. The van der Waals surface area contributed by atoms with Crippen LogP contribution in [0.5, 0.6) is 5.88 Å². The minimum atomic E-state index is -0.428. The van der Waals surface area contributed by atoms with E-state index >= 15 is 0 Å². The van der Waals surface area contributed by atoms with Crippen LogP contribution in [-0.4, -0.2) is 10.2 Å². The van der Waals surface area contributed by atoms with E-state index in [0.29, 0.717) is 16.5 Å². The molecule has 118 valence electrons. The van der Waals surface area contributed by atoms with Gasteiger partial charge in [-0.3, -0.25) is 5.10 Å². The number of benzene rings is 1. The third-order valence-electron chi connectivity index (χ3n) is 3.92. The quantitative estimate of drug-likeness (QED) is 0.727. The van der Waals surface area contributed by atoms with E-state index in [1.807, 2.05) is 35.7 Å². The maximum atomic E-state index is 9.63. The number of hydrogen-bond acceptors (Lipinski definition) is 5. The first kappa shape index (κ1) is 14.8. The molecule has 3 N–H and O–H groups in total. The van der Waals surface area contributed by atoms with E-state index in [1.54, 1.807) is 17.4 Å². The molecule has 0 saturated heterocycles. The van der Waals surface area contributed by atoms with Crippen LogP contribution in [0.15, 0.2) is 53.2 Å². The number of halogens is 1. The molecule has 5 nitrogen and oxygen atoms in total. The molecule has 7 heteroatoms. The summed E-state index contributed by atoms with van der Waals surface area (Å²) in [6, 6.07) is 13.5. The Bertz CT molecular complexity index is 984. The molecule has 4 rings (SSSR count). The van der Waals surface area contributed by atoms with Crippen molar-refractivity contribution in [2.45, 2.75) is 5.92 Å². The smallest absolute Gasteiger partial charge is 0.244 e. The Morgan fingerprint density at radius 3 is 2.83 bits per heavy atom. The normalized spacial score (nSPS) is 16.4. The lowest BCUT2D eigenvalue weighted by Crippen LogP contribution is -2.21. The van der Waals surface area contributed by atoms with Gasteiger partial charge in [-0.05, 0) is 23.1 Å². The van der Waals surface area contributed by atoms with Gasteiger partial charge in [0, 0.05) is 5.02 Å². The van der Waals surface area contributed by atoms with Crippen LogP contribution in [0.25, 0.3) is 10.6 Å². The van der Waals surface area contributed by atoms with Crippen LogP contribution >= 0.6 is 22.9 Å². The van der Waals surface area contributed by atoms with Gasteiger partial charge in [-0.2, -0.15) is 5.26 Å². The SMILES string of the molecule is N#CC1=C(N)Oc2n[nH]c(-c3cccs3)c2[C@@H]1c1ccccc1Cl.